The Morgan fingerprint density at radius 2 is 1.88 bits per heavy atom. The molecule has 0 unspecified atom stereocenters. The highest BCUT2D eigenvalue weighted by molar-refractivity contribution is 5.96. The van der Waals surface area contributed by atoms with Gasteiger partial charge in [-0.1, -0.05) is 37.8 Å². The second-order valence-corrected chi connectivity index (χ2v) is 6.36. The number of nitrogens with one attached hydrogen (secondary N) is 1. The van der Waals surface area contributed by atoms with Crippen LogP contribution < -0.4 is 10.1 Å². The quantitative estimate of drug-likeness (QED) is 0.526. The Labute approximate surface area is 141 Å². The molecule has 0 aliphatic heterocycles. The van der Waals surface area contributed by atoms with Crippen LogP contribution in [0.4, 0.5) is 4.79 Å². The SMILES string of the molecule is O=C(O)NCCC(=O)c1cccc(OCC2(O)CCCCCC2)c1. The van der Waals surface area contributed by atoms with Crippen LogP contribution >= 0.6 is 0 Å². The molecular weight excluding hydrogens is 310 g/mol. The molecule has 0 heterocycles. The second-order valence-electron chi connectivity index (χ2n) is 6.36. The maximum absolute atomic E-state index is 12.1. The van der Waals surface area contributed by atoms with Crippen LogP contribution in [0.3, 0.4) is 0 Å². The van der Waals surface area contributed by atoms with E-state index in [9.17, 15) is 14.7 Å². The molecule has 6 nitrogen and oxygen atoms in total. The molecule has 0 bridgehead atoms. The van der Waals surface area contributed by atoms with E-state index >= 15 is 0 Å². The lowest BCUT2D eigenvalue weighted by Gasteiger charge is -2.26. The van der Waals surface area contributed by atoms with E-state index in [2.05, 4.69) is 5.32 Å². The Bertz CT molecular complexity index is 564. The summed E-state index contributed by atoms with van der Waals surface area (Å²) in [5, 5.41) is 21.3. The van der Waals surface area contributed by atoms with Gasteiger partial charge in [0.05, 0.1) is 5.60 Å². The van der Waals surface area contributed by atoms with Crippen molar-refractivity contribution in [2.45, 2.75) is 50.5 Å². The maximum atomic E-state index is 12.1. The van der Waals surface area contributed by atoms with Crippen molar-refractivity contribution in [1.82, 2.24) is 5.32 Å². The average Bonchev–Trinajstić information content (AvgIpc) is 2.78. The summed E-state index contributed by atoms with van der Waals surface area (Å²) >= 11 is 0. The standard InChI is InChI=1S/C18H25NO5/c20-16(8-11-19-17(21)22)14-6-5-7-15(12-14)24-13-18(23)9-3-1-2-4-10-18/h5-7,12,19,23H,1-4,8-11,13H2,(H,21,22). The van der Waals surface area contributed by atoms with Gasteiger partial charge >= 0.3 is 6.09 Å². The van der Waals surface area contributed by atoms with Crippen LogP contribution in [0.2, 0.25) is 0 Å². The van der Waals surface area contributed by atoms with Crippen molar-refractivity contribution in [2.24, 2.45) is 0 Å². The average molecular weight is 335 g/mol. The molecule has 132 valence electrons. The number of carboxylic acid groups (broad SMARTS) is 1. The third-order valence-corrected chi connectivity index (χ3v) is 4.33. The van der Waals surface area contributed by atoms with Gasteiger partial charge in [0.25, 0.3) is 0 Å². The van der Waals surface area contributed by atoms with Crippen LogP contribution in [0.5, 0.6) is 5.75 Å². The van der Waals surface area contributed by atoms with Gasteiger partial charge in [0.2, 0.25) is 0 Å². The summed E-state index contributed by atoms with van der Waals surface area (Å²) in [6.07, 6.45) is 4.76. The highest BCUT2D eigenvalue weighted by atomic mass is 16.5. The van der Waals surface area contributed by atoms with Gasteiger partial charge in [-0.25, -0.2) is 4.79 Å². The minimum Gasteiger partial charge on any atom is -0.491 e. The first-order valence-electron chi connectivity index (χ1n) is 8.44. The Morgan fingerprint density at radius 3 is 2.54 bits per heavy atom. The van der Waals surface area contributed by atoms with Crippen molar-refractivity contribution in [3.05, 3.63) is 29.8 Å². The number of rotatable bonds is 7. The minimum atomic E-state index is -1.14. The summed E-state index contributed by atoms with van der Waals surface area (Å²) in [5.74, 6) is 0.395. The van der Waals surface area contributed by atoms with Gasteiger partial charge in [-0.3, -0.25) is 4.79 Å². The Balaban J connectivity index is 1.89. The molecule has 1 amide bonds. The van der Waals surface area contributed by atoms with E-state index in [1.54, 1.807) is 24.3 Å². The molecule has 0 radical (unpaired) electrons. The van der Waals surface area contributed by atoms with Crippen LogP contribution in [0, 0.1) is 0 Å². The molecule has 1 fully saturated rings. The number of hydrogen-bond acceptors (Lipinski definition) is 4. The Hall–Kier alpha value is -2.08. The van der Waals surface area contributed by atoms with Crippen molar-refractivity contribution in [1.29, 1.82) is 0 Å². The predicted molar refractivity (Wildman–Crippen MR) is 89.6 cm³/mol. The summed E-state index contributed by atoms with van der Waals surface area (Å²) in [4.78, 5) is 22.5. The summed E-state index contributed by atoms with van der Waals surface area (Å²) in [7, 11) is 0. The molecule has 0 atom stereocenters. The lowest BCUT2D eigenvalue weighted by Crippen LogP contribution is -2.35. The third kappa shape index (κ3) is 5.85. The summed E-state index contributed by atoms with van der Waals surface area (Å²) in [5.41, 5.74) is -0.311. The first-order chi connectivity index (χ1) is 11.5. The number of ether oxygens (including phenoxy) is 1. The van der Waals surface area contributed by atoms with E-state index in [0.29, 0.717) is 11.3 Å². The van der Waals surface area contributed by atoms with Crippen molar-refractivity contribution in [3.8, 4) is 5.75 Å². The lowest BCUT2D eigenvalue weighted by molar-refractivity contribution is -0.0173. The number of carbonyl (C=O) groups excluding carboxylic acids is 1. The van der Waals surface area contributed by atoms with Crippen LogP contribution in [-0.2, 0) is 0 Å². The van der Waals surface area contributed by atoms with Crippen LogP contribution in [0.1, 0.15) is 55.3 Å². The van der Waals surface area contributed by atoms with Gasteiger partial charge in [0.1, 0.15) is 12.4 Å². The van der Waals surface area contributed by atoms with Crippen molar-refractivity contribution >= 4 is 11.9 Å². The third-order valence-electron chi connectivity index (χ3n) is 4.33. The number of hydrogen-bond donors (Lipinski definition) is 3. The maximum Gasteiger partial charge on any atom is 0.404 e. The highest BCUT2D eigenvalue weighted by Crippen LogP contribution is 2.28. The number of aliphatic hydroxyl groups is 1. The second kappa shape index (κ2) is 8.68. The monoisotopic (exact) mass is 335 g/mol. The van der Waals surface area contributed by atoms with Gasteiger partial charge < -0.3 is 20.3 Å². The molecule has 6 heteroatoms. The smallest absolute Gasteiger partial charge is 0.404 e. The summed E-state index contributed by atoms with van der Waals surface area (Å²) in [6.45, 7) is 0.310. The van der Waals surface area contributed by atoms with Gasteiger partial charge in [-0.05, 0) is 25.0 Å². The summed E-state index contributed by atoms with van der Waals surface area (Å²) < 4.78 is 5.73. The fourth-order valence-electron chi connectivity index (χ4n) is 2.94. The zero-order chi connectivity index (χ0) is 17.4. The molecule has 1 saturated carbocycles. The van der Waals surface area contributed by atoms with Crippen molar-refractivity contribution in [3.63, 3.8) is 0 Å². The van der Waals surface area contributed by atoms with E-state index in [-0.39, 0.29) is 25.4 Å². The van der Waals surface area contributed by atoms with Crippen molar-refractivity contribution < 1.29 is 24.5 Å². The van der Waals surface area contributed by atoms with Gasteiger partial charge in [0, 0.05) is 18.5 Å². The normalized spacial score (nSPS) is 16.9. The minimum absolute atomic E-state index is 0.0823. The Kier molecular flexibility index (Phi) is 6.61. The van der Waals surface area contributed by atoms with E-state index in [4.69, 9.17) is 9.84 Å². The van der Waals surface area contributed by atoms with E-state index in [1.165, 1.54) is 0 Å². The number of carbonyl (C=O) groups is 2. The largest absolute Gasteiger partial charge is 0.491 e. The van der Waals surface area contributed by atoms with E-state index < -0.39 is 11.7 Å². The molecule has 3 N–H and O–H groups in total. The highest BCUT2D eigenvalue weighted by Gasteiger charge is 2.28. The molecule has 0 spiro atoms. The number of ketones is 1. The number of amides is 1. The molecule has 1 aromatic rings. The lowest BCUT2D eigenvalue weighted by atomic mass is 9.96. The molecule has 0 saturated heterocycles. The number of benzene rings is 1. The molecule has 24 heavy (non-hydrogen) atoms. The number of Topliss-reactive ketones (excluding diaryl/α,β-unsaturated/α-hetero) is 1. The van der Waals surface area contributed by atoms with E-state index in [0.717, 1.165) is 38.5 Å². The molecule has 1 aromatic carbocycles. The Morgan fingerprint density at radius 1 is 1.17 bits per heavy atom. The van der Waals surface area contributed by atoms with Crippen LogP contribution in [0.25, 0.3) is 0 Å². The zero-order valence-electron chi connectivity index (χ0n) is 13.8. The van der Waals surface area contributed by atoms with Gasteiger partial charge in [-0.15, -0.1) is 0 Å². The van der Waals surface area contributed by atoms with Crippen LogP contribution in [0.15, 0.2) is 24.3 Å². The van der Waals surface area contributed by atoms with Crippen LogP contribution in [-0.4, -0.2) is 40.8 Å². The summed E-state index contributed by atoms with van der Waals surface area (Å²) in [6, 6.07) is 6.80. The predicted octanol–water partition coefficient (Wildman–Crippen LogP) is 2.99. The van der Waals surface area contributed by atoms with Gasteiger partial charge in [-0.2, -0.15) is 0 Å². The fourth-order valence-corrected chi connectivity index (χ4v) is 2.94. The molecule has 1 aliphatic rings. The topological polar surface area (TPSA) is 95.9 Å². The van der Waals surface area contributed by atoms with Gasteiger partial charge in [0.15, 0.2) is 5.78 Å². The van der Waals surface area contributed by atoms with Crippen molar-refractivity contribution in [2.75, 3.05) is 13.2 Å². The molecule has 0 aromatic heterocycles. The molecule has 1 aliphatic carbocycles. The molecule has 2 rings (SSSR count). The first-order valence-corrected chi connectivity index (χ1v) is 8.44. The fraction of sp³-hybridized carbons (Fsp3) is 0.556. The van der Waals surface area contributed by atoms with E-state index in [1.807, 2.05) is 0 Å². The molecular formula is C18H25NO5. The zero-order valence-corrected chi connectivity index (χ0v) is 13.8. The first kappa shape index (κ1) is 18.3.